The van der Waals surface area contributed by atoms with E-state index in [1.165, 1.54) is 23.1 Å². The Morgan fingerprint density at radius 1 is 1.44 bits per heavy atom. The van der Waals surface area contributed by atoms with Gasteiger partial charge in [0.15, 0.2) is 22.2 Å². The number of thioether (sulfide) groups is 1. The number of hydrogen-bond donors (Lipinski definition) is 1. The van der Waals surface area contributed by atoms with Crippen LogP contribution in [0, 0.1) is 6.92 Å². The summed E-state index contributed by atoms with van der Waals surface area (Å²) in [4.78, 5) is 16.0. The van der Waals surface area contributed by atoms with Gasteiger partial charge in [-0.05, 0) is 31.5 Å². The Bertz CT molecular complexity index is 930. The van der Waals surface area contributed by atoms with E-state index in [0.29, 0.717) is 26.9 Å². The molecule has 0 fully saturated rings. The van der Waals surface area contributed by atoms with Crippen molar-refractivity contribution in [3.8, 4) is 5.75 Å². The highest BCUT2D eigenvalue weighted by Gasteiger charge is 2.19. The maximum Gasteiger partial charge on any atom is 0.236 e. The minimum atomic E-state index is -0.347. The number of aromatic nitrogens is 4. The number of nitrogens with zero attached hydrogens (tertiary/aromatic N) is 4. The van der Waals surface area contributed by atoms with Crippen molar-refractivity contribution >= 4 is 45.7 Å². The van der Waals surface area contributed by atoms with Crippen molar-refractivity contribution in [1.29, 1.82) is 0 Å². The number of thiazole rings is 1. The molecule has 7 nitrogen and oxygen atoms in total. The molecule has 2 heterocycles. The Kier molecular flexibility index (Phi) is 6.35. The van der Waals surface area contributed by atoms with Gasteiger partial charge in [0.05, 0.1) is 10.8 Å². The number of anilines is 1. The zero-order chi connectivity index (χ0) is 19.4. The average molecular weight is 424 g/mol. The average Bonchev–Trinajstić information content (AvgIpc) is 3.26. The van der Waals surface area contributed by atoms with Crippen molar-refractivity contribution < 1.29 is 9.53 Å². The molecule has 1 aromatic carbocycles. The second-order valence-electron chi connectivity index (χ2n) is 5.77. The summed E-state index contributed by atoms with van der Waals surface area (Å²) in [5.74, 6) is 1.32. The van der Waals surface area contributed by atoms with Crippen LogP contribution in [-0.4, -0.2) is 31.4 Å². The van der Waals surface area contributed by atoms with Crippen LogP contribution in [0.25, 0.3) is 0 Å². The Hall–Kier alpha value is -2.10. The first kappa shape index (κ1) is 19.7. The molecule has 0 aliphatic heterocycles. The third-order valence-electron chi connectivity index (χ3n) is 3.63. The Labute approximate surface area is 170 Å². The maximum absolute atomic E-state index is 12.0. The number of amides is 1. The first-order valence-corrected chi connectivity index (χ1v) is 10.3. The van der Waals surface area contributed by atoms with Gasteiger partial charge in [0, 0.05) is 18.6 Å². The maximum atomic E-state index is 12.0. The fourth-order valence-electron chi connectivity index (χ4n) is 2.32. The molecule has 2 aromatic heterocycles. The summed E-state index contributed by atoms with van der Waals surface area (Å²) >= 11 is 8.87. The predicted molar refractivity (Wildman–Crippen MR) is 108 cm³/mol. The molecule has 0 radical (unpaired) electrons. The summed E-state index contributed by atoms with van der Waals surface area (Å²) in [6.07, 6.45) is 1.30. The first-order chi connectivity index (χ1) is 12.9. The third kappa shape index (κ3) is 5.00. The van der Waals surface area contributed by atoms with E-state index in [1.807, 2.05) is 37.6 Å². The van der Waals surface area contributed by atoms with Gasteiger partial charge in [-0.1, -0.05) is 29.4 Å². The Balaban J connectivity index is 1.62. The highest BCUT2D eigenvalue weighted by atomic mass is 35.5. The monoisotopic (exact) mass is 423 g/mol. The van der Waals surface area contributed by atoms with Crippen molar-refractivity contribution in [3.63, 3.8) is 0 Å². The molecule has 0 spiro atoms. The lowest BCUT2D eigenvalue weighted by Crippen LogP contribution is -2.14. The molecular weight excluding hydrogens is 406 g/mol. The highest BCUT2D eigenvalue weighted by molar-refractivity contribution is 7.99. The van der Waals surface area contributed by atoms with Gasteiger partial charge in [-0.2, -0.15) is 0 Å². The fourth-order valence-corrected chi connectivity index (χ4v) is 3.75. The van der Waals surface area contributed by atoms with Crippen LogP contribution in [0.4, 0.5) is 5.13 Å². The van der Waals surface area contributed by atoms with Gasteiger partial charge in [0.25, 0.3) is 0 Å². The van der Waals surface area contributed by atoms with Gasteiger partial charge < -0.3 is 14.6 Å². The Morgan fingerprint density at radius 3 is 3.00 bits per heavy atom. The molecule has 1 N–H and O–H groups in total. The van der Waals surface area contributed by atoms with E-state index in [4.69, 9.17) is 16.3 Å². The minimum absolute atomic E-state index is 0.143. The van der Waals surface area contributed by atoms with E-state index in [-0.39, 0.29) is 17.8 Å². The highest BCUT2D eigenvalue weighted by Crippen LogP contribution is 2.30. The lowest BCUT2D eigenvalue weighted by Gasteiger charge is -2.15. The van der Waals surface area contributed by atoms with E-state index in [1.54, 1.807) is 17.6 Å². The lowest BCUT2D eigenvalue weighted by molar-refractivity contribution is -0.113. The topological polar surface area (TPSA) is 81.9 Å². The molecular formula is C17H18ClN5O2S2. The van der Waals surface area contributed by atoms with Crippen LogP contribution < -0.4 is 10.1 Å². The number of halogens is 1. The summed E-state index contributed by atoms with van der Waals surface area (Å²) < 4.78 is 7.77. The van der Waals surface area contributed by atoms with E-state index >= 15 is 0 Å². The SMILES string of the molecule is Cc1ccc(Cl)c(OC(C)c2nnc(SCC(=O)Nc3nccs3)n2C)c1. The van der Waals surface area contributed by atoms with Gasteiger partial charge >= 0.3 is 0 Å². The molecule has 0 saturated carbocycles. The zero-order valence-corrected chi connectivity index (χ0v) is 17.4. The third-order valence-corrected chi connectivity index (χ3v) is 5.65. The number of aryl methyl sites for hydroxylation is 1. The number of benzene rings is 1. The number of carbonyl (C=O) groups is 1. The molecule has 0 aliphatic rings. The molecule has 0 aliphatic carbocycles. The number of ether oxygens (including phenoxy) is 1. The molecule has 1 unspecified atom stereocenters. The zero-order valence-electron chi connectivity index (χ0n) is 15.0. The van der Waals surface area contributed by atoms with Crippen molar-refractivity contribution in [3.05, 3.63) is 46.2 Å². The van der Waals surface area contributed by atoms with Gasteiger partial charge in [0.1, 0.15) is 5.75 Å². The lowest BCUT2D eigenvalue weighted by atomic mass is 10.2. The number of rotatable bonds is 7. The fraction of sp³-hybridized carbons (Fsp3) is 0.294. The van der Waals surface area contributed by atoms with E-state index in [9.17, 15) is 4.79 Å². The summed E-state index contributed by atoms with van der Waals surface area (Å²) in [7, 11) is 1.84. The van der Waals surface area contributed by atoms with Crippen LogP contribution in [0.3, 0.4) is 0 Å². The molecule has 0 bridgehead atoms. The number of carbonyl (C=O) groups excluding carboxylic acids is 1. The van der Waals surface area contributed by atoms with Gasteiger partial charge in [-0.15, -0.1) is 21.5 Å². The van der Waals surface area contributed by atoms with Crippen molar-refractivity contribution in [1.82, 2.24) is 19.7 Å². The number of nitrogens with one attached hydrogen (secondary N) is 1. The van der Waals surface area contributed by atoms with Gasteiger partial charge in [-0.25, -0.2) is 4.98 Å². The molecule has 10 heteroatoms. The van der Waals surface area contributed by atoms with Gasteiger partial charge in [-0.3, -0.25) is 4.79 Å². The van der Waals surface area contributed by atoms with Crippen LogP contribution in [0.5, 0.6) is 5.75 Å². The Morgan fingerprint density at radius 2 is 2.26 bits per heavy atom. The predicted octanol–water partition coefficient (Wildman–Crippen LogP) is 4.10. The molecule has 27 heavy (non-hydrogen) atoms. The summed E-state index contributed by atoms with van der Waals surface area (Å²) in [5.41, 5.74) is 1.06. The van der Waals surface area contributed by atoms with E-state index in [2.05, 4.69) is 20.5 Å². The molecule has 3 rings (SSSR count). The van der Waals surface area contributed by atoms with Crippen molar-refractivity contribution in [2.45, 2.75) is 25.1 Å². The van der Waals surface area contributed by atoms with Crippen molar-refractivity contribution in [2.75, 3.05) is 11.1 Å². The largest absolute Gasteiger partial charge is 0.481 e. The summed E-state index contributed by atoms with van der Waals surface area (Å²) in [6.45, 7) is 3.86. The minimum Gasteiger partial charge on any atom is -0.481 e. The van der Waals surface area contributed by atoms with Crippen LogP contribution in [0.15, 0.2) is 34.9 Å². The summed E-state index contributed by atoms with van der Waals surface area (Å²) in [5, 5.41) is 14.7. The molecule has 1 amide bonds. The molecule has 3 aromatic rings. The van der Waals surface area contributed by atoms with E-state index in [0.717, 1.165) is 5.56 Å². The molecule has 142 valence electrons. The summed E-state index contributed by atoms with van der Waals surface area (Å²) in [6, 6.07) is 5.61. The standard InChI is InChI=1S/C17H18ClN5O2S2/c1-10-4-5-12(18)13(8-10)25-11(2)15-21-22-17(23(15)3)27-9-14(24)20-16-19-6-7-26-16/h4-8,11H,9H2,1-3H3,(H,19,20,24). The quantitative estimate of drug-likeness (QED) is 0.576. The normalized spacial score (nSPS) is 12.0. The first-order valence-electron chi connectivity index (χ1n) is 8.08. The second-order valence-corrected chi connectivity index (χ2v) is 8.01. The van der Waals surface area contributed by atoms with Crippen LogP contribution in [-0.2, 0) is 11.8 Å². The van der Waals surface area contributed by atoms with Crippen LogP contribution in [0.1, 0.15) is 24.4 Å². The van der Waals surface area contributed by atoms with Crippen LogP contribution >= 0.6 is 34.7 Å². The number of hydrogen-bond acceptors (Lipinski definition) is 7. The van der Waals surface area contributed by atoms with Crippen LogP contribution in [0.2, 0.25) is 5.02 Å². The van der Waals surface area contributed by atoms with Gasteiger partial charge in [0.2, 0.25) is 5.91 Å². The molecule has 1 atom stereocenters. The van der Waals surface area contributed by atoms with Crippen molar-refractivity contribution in [2.24, 2.45) is 7.05 Å². The molecule has 0 saturated heterocycles. The second kappa shape index (κ2) is 8.73. The van der Waals surface area contributed by atoms with E-state index < -0.39 is 0 Å². The smallest absolute Gasteiger partial charge is 0.236 e.